The minimum absolute atomic E-state index is 0.0828. The molecule has 2 atom stereocenters. The molecule has 6 nitrogen and oxygen atoms in total. The highest BCUT2D eigenvalue weighted by molar-refractivity contribution is 5.83. The first kappa shape index (κ1) is 17.1. The fraction of sp³-hybridized carbons (Fsp3) is 0.529. The molecule has 2 aromatic rings. The van der Waals surface area contributed by atoms with Crippen LogP contribution in [0, 0.1) is 5.92 Å². The highest BCUT2D eigenvalue weighted by Crippen LogP contribution is 2.17. The molecule has 0 radical (unpaired) electrons. The molecule has 1 N–H and O–H groups in total. The zero-order valence-corrected chi connectivity index (χ0v) is 14.0. The Morgan fingerprint density at radius 1 is 1.17 bits per heavy atom. The molecule has 0 aliphatic carbocycles. The second-order valence-corrected chi connectivity index (χ2v) is 6.34. The number of hydrogen-bond acceptors (Lipinski definition) is 4. The molecule has 0 saturated carbocycles. The van der Waals surface area contributed by atoms with E-state index in [1.807, 2.05) is 37.3 Å². The van der Waals surface area contributed by atoms with Gasteiger partial charge in [-0.2, -0.15) is 0 Å². The van der Waals surface area contributed by atoms with Gasteiger partial charge in [0.25, 0.3) is 0 Å². The number of tetrazole rings is 1. The molecule has 124 valence electrons. The van der Waals surface area contributed by atoms with Gasteiger partial charge in [0, 0.05) is 6.04 Å². The zero-order chi connectivity index (χ0) is 16.7. The van der Waals surface area contributed by atoms with Crippen molar-refractivity contribution in [3.05, 3.63) is 42.2 Å². The van der Waals surface area contributed by atoms with Gasteiger partial charge in [0.2, 0.25) is 5.91 Å². The van der Waals surface area contributed by atoms with Gasteiger partial charge in [-0.3, -0.25) is 4.79 Å². The summed E-state index contributed by atoms with van der Waals surface area (Å²) in [6, 6.07) is 9.15. The number of nitrogens with zero attached hydrogens (tertiary/aromatic N) is 4. The SMILES string of the molecule is CC(C)CCC[C@H](C)NC(=O)[C@H](c1ccccc1)n1cnnn1. The minimum Gasteiger partial charge on any atom is -0.351 e. The van der Waals surface area contributed by atoms with E-state index in [9.17, 15) is 4.79 Å². The molecule has 6 heteroatoms. The molecule has 0 unspecified atom stereocenters. The maximum absolute atomic E-state index is 12.7. The van der Waals surface area contributed by atoms with E-state index in [0.717, 1.165) is 18.4 Å². The van der Waals surface area contributed by atoms with Crippen LogP contribution in [-0.2, 0) is 4.79 Å². The second kappa shape index (κ2) is 8.41. The predicted molar refractivity (Wildman–Crippen MR) is 88.7 cm³/mol. The van der Waals surface area contributed by atoms with Crippen LogP contribution in [0.4, 0.5) is 0 Å². The molecule has 0 aliphatic rings. The van der Waals surface area contributed by atoms with Gasteiger partial charge in [-0.1, -0.05) is 57.0 Å². The number of nitrogens with one attached hydrogen (secondary N) is 1. The van der Waals surface area contributed by atoms with Crippen LogP contribution in [0.2, 0.25) is 0 Å². The molecular formula is C17H25N5O. The molecule has 1 heterocycles. The van der Waals surface area contributed by atoms with E-state index in [1.165, 1.54) is 17.4 Å². The standard InChI is InChI=1S/C17H25N5O/c1-13(2)8-7-9-14(3)19-17(23)16(22-12-18-20-21-22)15-10-5-4-6-11-15/h4-6,10-14,16H,7-9H2,1-3H3,(H,19,23)/t14-,16-/m0/s1. The van der Waals surface area contributed by atoms with Gasteiger partial charge >= 0.3 is 0 Å². The summed E-state index contributed by atoms with van der Waals surface area (Å²) in [7, 11) is 0. The summed E-state index contributed by atoms with van der Waals surface area (Å²) in [6.07, 6.45) is 4.73. The van der Waals surface area contributed by atoms with Gasteiger partial charge < -0.3 is 5.32 Å². The van der Waals surface area contributed by atoms with E-state index < -0.39 is 6.04 Å². The van der Waals surface area contributed by atoms with Gasteiger partial charge in [0.1, 0.15) is 6.33 Å². The normalized spacial score (nSPS) is 13.7. The van der Waals surface area contributed by atoms with Crippen LogP contribution >= 0.6 is 0 Å². The highest BCUT2D eigenvalue weighted by Gasteiger charge is 2.24. The lowest BCUT2D eigenvalue weighted by atomic mass is 10.0. The van der Waals surface area contributed by atoms with E-state index in [4.69, 9.17) is 0 Å². The lowest BCUT2D eigenvalue weighted by molar-refractivity contribution is -0.124. The molecule has 23 heavy (non-hydrogen) atoms. The number of carbonyl (C=O) groups excluding carboxylic acids is 1. The lowest BCUT2D eigenvalue weighted by Crippen LogP contribution is -2.39. The van der Waals surface area contributed by atoms with Gasteiger partial charge in [-0.05, 0) is 35.3 Å². The number of hydrogen-bond donors (Lipinski definition) is 1. The summed E-state index contributed by atoms with van der Waals surface area (Å²) in [5, 5.41) is 14.3. The predicted octanol–water partition coefficient (Wildman–Crippen LogP) is 2.59. The van der Waals surface area contributed by atoms with Crippen LogP contribution in [0.5, 0.6) is 0 Å². The fourth-order valence-electron chi connectivity index (χ4n) is 2.57. The Balaban J connectivity index is 2.03. The second-order valence-electron chi connectivity index (χ2n) is 6.34. The fourth-order valence-corrected chi connectivity index (χ4v) is 2.57. The summed E-state index contributed by atoms with van der Waals surface area (Å²) < 4.78 is 1.49. The molecule has 1 amide bonds. The first-order chi connectivity index (χ1) is 11.1. The number of aromatic nitrogens is 4. The molecule has 0 spiro atoms. The maximum Gasteiger partial charge on any atom is 0.249 e. The number of rotatable bonds is 8. The van der Waals surface area contributed by atoms with Gasteiger partial charge in [0.15, 0.2) is 6.04 Å². The molecule has 0 fully saturated rings. The Morgan fingerprint density at radius 2 is 1.91 bits per heavy atom. The summed E-state index contributed by atoms with van der Waals surface area (Å²) in [5.41, 5.74) is 0.867. The number of benzene rings is 1. The third-order valence-corrected chi connectivity index (χ3v) is 3.80. The van der Waals surface area contributed by atoms with Crippen LogP contribution in [0.25, 0.3) is 0 Å². The van der Waals surface area contributed by atoms with Crippen molar-refractivity contribution in [2.75, 3.05) is 0 Å². The first-order valence-electron chi connectivity index (χ1n) is 8.15. The van der Waals surface area contributed by atoms with Crippen molar-refractivity contribution >= 4 is 5.91 Å². The average Bonchev–Trinajstić information content (AvgIpc) is 3.02. The zero-order valence-electron chi connectivity index (χ0n) is 14.0. The Labute approximate surface area is 137 Å². The van der Waals surface area contributed by atoms with Crippen molar-refractivity contribution in [2.24, 2.45) is 5.92 Å². The summed E-state index contributed by atoms with van der Waals surface area (Å²) >= 11 is 0. The maximum atomic E-state index is 12.7. The van der Waals surface area contributed by atoms with Crippen LogP contribution in [0.3, 0.4) is 0 Å². The topological polar surface area (TPSA) is 72.7 Å². The smallest absolute Gasteiger partial charge is 0.249 e. The lowest BCUT2D eigenvalue weighted by Gasteiger charge is -2.20. The van der Waals surface area contributed by atoms with Crippen molar-refractivity contribution < 1.29 is 4.79 Å². The van der Waals surface area contributed by atoms with Crippen molar-refractivity contribution in [3.8, 4) is 0 Å². The van der Waals surface area contributed by atoms with Crippen LogP contribution in [0.15, 0.2) is 36.7 Å². The quantitative estimate of drug-likeness (QED) is 0.812. The third-order valence-electron chi connectivity index (χ3n) is 3.80. The summed E-state index contributed by atoms with van der Waals surface area (Å²) in [5.74, 6) is 0.608. The largest absolute Gasteiger partial charge is 0.351 e. The number of carbonyl (C=O) groups is 1. The number of amides is 1. The van der Waals surface area contributed by atoms with Gasteiger partial charge in [0.05, 0.1) is 0 Å². The average molecular weight is 315 g/mol. The molecule has 0 aliphatic heterocycles. The molecule has 0 saturated heterocycles. The molecule has 0 bridgehead atoms. The Bertz CT molecular complexity index is 582. The Kier molecular flexibility index (Phi) is 6.26. The monoisotopic (exact) mass is 315 g/mol. The van der Waals surface area contributed by atoms with E-state index in [1.54, 1.807) is 0 Å². The first-order valence-corrected chi connectivity index (χ1v) is 8.15. The van der Waals surface area contributed by atoms with E-state index in [0.29, 0.717) is 5.92 Å². The van der Waals surface area contributed by atoms with Crippen molar-refractivity contribution in [1.82, 2.24) is 25.5 Å². The summed E-state index contributed by atoms with van der Waals surface area (Å²) in [6.45, 7) is 6.47. The van der Waals surface area contributed by atoms with Gasteiger partial charge in [-0.25, -0.2) is 4.68 Å². The van der Waals surface area contributed by atoms with Crippen LogP contribution < -0.4 is 5.32 Å². The Morgan fingerprint density at radius 3 is 2.52 bits per heavy atom. The molecule has 2 rings (SSSR count). The van der Waals surface area contributed by atoms with E-state index in [-0.39, 0.29) is 11.9 Å². The van der Waals surface area contributed by atoms with Crippen molar-refractivity contribution in [2.45, 2.75) is 52.1 Å². The highest BCUT2D eigenvalue weighted by atomic mass is 16.2. The summed E-state index contributed by atoms with van der Waals surface area (Å²) in [4.78, 5) is 12.7. The van der Waals surface area contributed by atoms with E-state index >= 15 is 0 Å². The minimum atomic E-state index is -0.543. The van der Waals surface area contributed by atoms with Crippen LogP contribution in [0.1, 0.15) is 51.6 Å². The Hall–Kier alpha value is -2.24. The molecule has 1 aromatic heterocycles. The van der Waals surface area contributed by atoms with Crippen molar-refractivity contribution in [3.63, 3.8) is 0 Å². The third kappa shape index (κ3) is 5.16. The van der Waals surface area contributed by atoms with Crippen LogP contribution in [-0.4, -0.2) is 32.2 Å². The van der Waals surface area contributed by atoms with Crippen molar-refractivity contribution in [1.29, 1.82) is 0 Å². The molecular weight excluding hydrogens is 290 g/mol. The van der Waals surface area contributed by atoms with E-state index in [2.05, 4.69) is 34.7 Å². The molecule has 1 aromatic carbocycles. The van der Waals surface area contributed by atoms with Gasteiger partial charge in [-0.15, -0.1) is 5.10 Å².